The third-order valence-electron chi connectivity index (χ3n) is 3.59. The lowest BCUT2D eigenvalue weighted by atomic mass is 10.0. The molecule has 20 heavy (non-hydrogen) atoms. The minimum Gasteiger partial charge on any atom is -0.481 e. The number of hydrogen-bond donors (Lipinski definition) is 1. The molecule has 0 aliphatic carbocycles. The minimum absolute atomic E-state index is 0.0213. The highest BCUT2D eigenvalue weighted by Crippen LogP contribution is 2.32. The van der Waals surface area contributed by atoms with Crippen LogP contribution >= 0.6 is 23.2 Å². The molecular formula is C14H17Cl2NO3. The third-order valence-corrected chi connectivity index (χ3v) is 4.16. The molecule has 110 valence electrons. The summed E-state index contributed by atoms with van der Waals surface area (Å²) in [6.45, 7) is 3.75. The number of benzene rings is 1. The minimum atomic E-state index is -0.820. The summed E-state index contributed by atoms with van der Waals surface area (Å²) in [7, 11) is 0. The second-order valence-electron chi connectivity index (χ2n) is 4.91. The number of halogens is 2. The molecule has 1 fully saturated rings. The number of carboxylic acid groups (broad SMARTS) is 1. The van der Waals surface area contributed by atoms with Crippen molar-refractivity contribution >= 4 is 29.2 Å². The second kappa shape index (κ2) is 6.76. The van der Waals surface area contributed by atoms with Gasteiger partial charge in [-0.3, -0.25) is 9.69 Å². The number of ether oxygens (including phenoxy) is 1. The summed E-state index contributed by atoms with van der Waals surface area (Å²) < 4.78 is 5.39. The van der Waals surface area contributed by atoms with E-state index in [4.69, 9.17) is 33.0 Å². The van der Waals surface area contributed by atoms with Gasteiger partial charge in [-0.2, -0.15) is 0 Å². The maximum atomic E-state index is 11.0. The molecule has 0 spiro atoms. The molecule has 1 heterocycles. The van der Waals surface area contributed by atoms with Crippen LogP contribution in [0, 0.1) is 0 Å². The van der Waals surface area contributed by atoms with Crippen molar-refractivity contribution in [2.45, 2.75) is 25.4 Å². The zero-order valence-electron chi connectivity index (χ0n) is 11.2. The highest BCUT2D eigenvalue weighted by atomic mass is 35.5. The summed E-state index contributed by atoms with van der Waals surface area (Å²) in [4.78, 5) is 13.1. The summed E-state index contributed by atoms with van der Waals surface area (Å²) in [5.74, 6) is -0.820. The normalized spacial score (nSPS) is 21.6. The van der Waals surface area contributed by atoms with Gasteiger partial charge in [0.25, 0.3) is 0 Å². The number of hydrogen-bond acceptors (Lipinski definition) is 3. The van der Waals surface area contributed by atoms with Gasteiger partial charge < -0.3 is 9.84 Å². The predicted octanol–water partition coefficient (Wildman–Crippen LogP) is 3.23. The molecule has 0 aromatic heterocycles. The molecule has 1 saturated heterocycles. The average Bonchev–Trinajstić information content (AvgIpc) is 2.38. The largest absolute Gasteiger partial charge is 0.481 e. The van der Waals surface area contributed by atoms with E-state index in [0.717, 1.165) is 5.56 Å². The Kier molecular flexibility index (Phi) is 5.27. The van der Waals surface area contributed by atoms with Crippen LogP contribution in [0.25, 0.3) is 0 Å². The molecule has 2 unspecified atom stereocenters. The Bertz CT molecular complexity index is 495. The zero-order chi connectivity index (χ0) is 14.7. The maximum Gasteiger partial charge on any atom is 0.305 e. The molecule has 0 amide bonds. The van der Waals surface area contributed by atoms with E-state index >= 15 is 0 Å². The first-order chi connectivity index (χ1) is 9.49. The van der Waals surface area contributed by atoms with E-state index in [1.807, 2.05) is 13.0 Å². The number of carboxylic acids is 1. The van der Waals surface area contributed by atoms with Gasteiger partial charge in [0, 0.05) is 28.7 Å². The Hall–Kier alpha value is -0.810. The van der Waals surface area contributed by atoms with Crippen molar-refractivity contribution in [3.63, 3.8) is 0 Å². The number of morpholine rings is 1. The smallest absolute Gasteiger partial charge is 0.305 e. The quantitative estimate of drug-likeness (QED) is 0.926. The van der Waals surface area contributed by atoms with Crippen molar-refractivity contribution < 1.29 is 14.6 Å². The molecule has 0 bridgehead atoms. The van der Waals surface area contributed by atoms with Crippen LogP contribution in [0.4, 0.5) is 0 Å². The first-order valence-electron chi connectivity index (χ1n) is 6.49. The van der Waals surface area contributed by atoms with Crippen molar-refractivity contribution in [2.75, 3.05) is 19.8 Å². The Labute approximate surface area is 128 Å². The summed E-state index contributed by atoms with van der Waals surface area (Å²) in [6.07, 6.45) is 0.0650. The van der Waals surface area contributed by atoms with Gasteiger partial charge in [0.1, 0.15) is 0 Å². The first-order valence-corrected chi connectivity index (χ1v) is 7.25. The fraction of sp³-hybridized carbons (Fsp3) is 0.500. The molecule has 1 aromatic carbocycles. The van der Waals surface area contributed by atoms with E-state index < -0.39 is 5.97 Å². The van der Waals surface area contributed by atoms with E-state index in [9.17, 15) is 4.79 Å². The molecule has 0 saturated carbocycles. The monoisotopic (exact) mass is 317 g/mol. The van der Waals surface area contributed by atoms with Gasteiger partial charge in [0.15, 0.2) is 0 Å². The molecule has 1 aliphatic rings. The van der Waals surface area contributed by atoms with Gasteiger partial charge in [-0.1, -0.05) is 29.3 Å². The lowest BCUT2D eigenvalue weighted by molar-refractivity contribution is -0.140. The van der Waals surface area contributed by atoms with Crippen molar-refractivity contribution in [1.82, 2.24) is 4.90 Å². The van der Waals surface area contributed by atoms with Crippen molar-refractivity contribution in [2.24, 2.45) is 0 Å². The first kappa shape index (κ1) is 15.6. The molecular weight excluding hydrogens is 301 g/mol. The van der Waals surface area contributed by atoms with Gasteiger partial charge in [-0.15, -0.1) is 0 Å². The van der Waals surface area contributed by atoms with Gasteiger partial charge in [0.2, 0.25) is 0 Å². The SMILES string of the molecule is CC(c1ccc(Cl)cc1Cl)N1CCOCC1CC(=O)O. The third kappa shape index (κ3) is 3.64. The standard InChI is InChI=1S/C14H17Cl2NO3/c1-9(12-3-2-10(15)6-13(12)16)17-4-5-20-8-11(17)7-14(18)19/h2-3,6,9,11H,4-5,7-8H2,1H3,(H,18,19). The summed E-state index contributed by atoms with van der Waals surface area (Å²) in [5, 5.41) is 10.2. The molecule has 2 atom stereocenters. The van der Waals surface area contributed by atoms with Crippen LogP contribution in [0.5, 0.6) is 0 Å². The maximum absolute atomic E-state index is 11.0. The Morgan fingerprint density at radius 2 is 2.30 bits per heavy atom. The molecule has 1 aromatic rings. The van der Waals surface area contributed by atoms with Crippen LogP contribution in [0.2, 0.25) is 10.0 Å². The highest BCUT2D eigenvalue weighted by Gasteiger charge is 2.30. The van der Waals surface area contributed by atoms with Crippen LogP contribution in [0.3, 0.4) is 0 Å². The van der Waals surface area contributed by atoms with E-state index in [-0.39, 0.29) is 18.5 Å². The van der Waals surface area contributed by atoms with E-state index in [2.05, 4.69) is 4.90 Å². The predicted molar refractivity (Wildman–Crippen MR) is 78.4 cm³/mol. The number of nitrogens with zero attached hydrogens (tertiary/aromatic N) is 1. The van der Waals surface area contributed by atoms with Gasteiger partial charge >= 0.3 is 5.97 Å². The van der Waals surface area contributed by atoms with Crippen LogP contribution in [-0.2, 0) is 9.53 Å². The lowest BCUT2D eigenvalue weighted by Crippen LogP contribution is -2.47. The fourth-order valence-electron chi connectivity index (χ4n) is 2.57. The van der Waals surface area contributed by atoms with Crippen molar-refractivity contribution in [1.29, 1.82) is 0 Å². The molecule has 2 rings (SSSR count). The lowest BCUT2D eigenvalue weighted by Gasteiger charge is -2.39. The summed E-state index contributed by atoms with van der Waals surface area (Å²) >= 11 is 12.1. The van der Waals surface area contributed by atoms with E-state index in [0.29, 0.717) is 29.8 Å². The number of aliphatic carboxylic acids is 1. The molecule has 1 aliphatic heterocycles. The van der Waals surface area contributed by atoms with Crippen LogP contribution in [0.15, 0.2) is 18.2 Å². The average molecular weight is 318 g/mol. The Balaban J connectivity index is 2.20. The van der Waals surface area contributed by atoms with Gasteiger partial charge in [0.05, 0.1) is 19.6 Å². The second-order valence-corrected chi connectivity index (χ2v) is 5.75. The van der Waals surface area contributed by atoms with Gasteiger partial charge in [-0.05, 0) is 24.6 Å². The van der Waals surface area contributed by atoms with E-state index in [1.54, 1.807) is 12.1 Å². The molecule has 6 heteroatoms. The number of rotatable bonds is 4. The Morgan fingerprint density at radius 1 is 1.55 bits per heavy atom. The van der Waals surface area contributed by atoms with E-state index in [1.165, 1.54) is 0 Å². The van der Waals surface area contributed by atoms with Gasteiger partial charge in [-0.25, -0.2) is 0 Å². The number of carbonyl (C=O) groups is 1. The summed E-state index contributed by atoms with van der Waals surface area (Å²) in [5.41, 5.74) is 0.952. The van der Waals surface area contributed by atoms with Crippen molar-refractivity contribution in [3.8, 4) is 0 Å². The molecule has 1 N–H and O–H groups in total. The van der Waals surface area contributed by atoms with Crippen LogP contribution in [0.1, 0.15) is 24.9 Å². The fourth-order valence-corrected chi connectivity index (χ4v) is 3.14. The molecule has 0 radical (unpaired) electrons. The topological polar surface area (TPSA) is 49.8 Å². The van der Waals surface area contributed by atoms with Crippen LogP contribution < -0.4 is 0 Å². The zero-order valence-corrected chi connectivity index (χ0v) is 12.7. The van der Waals surface area contributed by atoms with Crippen LogP contribution in [-0.4, -0.2) is 41.8 Å². The highest BCUT2D eigenvalue weighted by molar-refractivity contribution is 6.35. The van der Waals surface area contributed by atoms with Crippen molar-refractivity contribution in [3.05, 3.63) is 33.8 Å². The summed E-state index contributed by atoms with van der Waals surface area (Å²) in [6, 6.07) is 5.28. The molecule has 4 nitrogen and oxygen atoms in total. The Morgan fingerprint density at radius 3 is 2.95 bits per heavy atom.